The second kappa shape index (κ2) is 7.60. The van der Waals surface area contributed by atoms with Crippen LogP contribution >= 0.6 is 0 Å². The highest BCUT2D eigenvalue weighted by Gasteiger charge is 2.29. The summed E-state index contributed by atoms with van der Waals surface area (Å²) in [5, 5.41) is 0. The monoisotopic (exact) mass is 329 g/mol. The normalized spacial score (nSPS) is 13.0. The molecule has 0 bridgehead atoms. The summed E-state index contributed by atoms with van der Waals surface area (Å²) in [5.74, 6) is -0.249. The topological polar surface area (TPSA) is 81.7 Å². The molecule has 22 heavy (non-hydrogen) atoms. The highest BCUT2D eigenvalue weighted by molar-refractivity contribution is 7.89. The van der Waals surface area contributed by atoms with Crippen molar-refractivity contribution < 1.29 is 22.7 Å². The Kier molecular flexibility index (Phi) is 6.37. The molecular weight excluding hydrogens is 306 g/mol. The number of hydrogen-bond acceptors (Lipinski definition) is 5. The number of benzene rings is 1. The third-order valence-corrected chi connectivity index (χ3v) is 4.59. The lowest BCUT2D eigenvalue weighted by Crippen LogP contribution is -2.42. The highest BCUT2D eigenvalue weighted by atomic mass is 32.2. The first-order valence-electron chi connectivity index (χ1n) is 6.96. The Morgan fingerprint density at radius 3 is 2.41 bits per heavy atom. The van der Waals surface area contributed by atoms with Crippen molar-refractivity contribution in [1.29, 1.82) is 0 Å². The number of esters is 1. The van der Waals surface area contributed by atoms with Gasteiger partial charge in [-0.2, -0.15) is 4.72 Å². The highest BCUT2D eigenvalue weighted by Crippen LogP contribution is 2.25. The second-order valence-corrected chi connectivity index (χ2v) is 7.16. The van der Waals surface area contributed by atoms with Crippen molar-refractivity contribution in [3.05, 3.63) is 23.8 Å². The average molecular weight is 329 g/mol. The number of sulfonamides is 1. The Balaban J connectivity index is 3.17. The summed E-state index contributed by atoms with van der Waals surface area (Å²) in [6.45, 7) is 5.58. The first kappa shape index (κ1) is 18.4. The first-order chi connectivity index (χ1) is 10.2. The van der Waals surface area contributed by atoms with E-state index >= 15 is 0 Å². The van der Waals surface area contributed by atoms with E-state index in [-0.39, 0.29) is 16.6 Å². The van der Waals surface area contributed by atoms with Gasteiger partial charge in [0.15, 0.2) is 0 Å². The molecule has 0 fully saturated rings. The minimum atomic E-state index is -3.90. The predicted octanol–water partition coefficient (Wildman–Crippen LogP) is 1.87. The molecule has 0 aliphatic carbocycles. The summed E-state index contributed by atoms with van der Waals surface area (Å²) < 4.78 is 37.3. The molecular formula is C15H23NO5S. The van der Waals surface area contributed by atoms with E-state index in [2.05, 4.69) is 9.46 Å². The SMILES string of the molecule is COC(=O)[C@H](CC(C)C)NS(=O)(=O)c1cc(C)ccc1OC. The maximum Gasteiger partial charge on any atom is 0.323 e. The molecule has 1 rings (SSSR count). The molecule has 1 aromatic carbocycles. The Bertz CT molecular complexity index is 625. The van der Waals surface area contributed by atoms with Crippen molar-refractivity contribution >= 4 is 16.0 Å². The number of carbonyl (C=O) groups excluding carboxylic acids is 1. The van der Waals surface area contributed by atoms with E-state index in [1.807, 2.05) is 13.8 Å². The molecule has 124 valence electrons. The smallest absolute Gasteiger partial charge is 0.323 e. The van der Waals surface area contributed by atoms with E-state index in [4.69, 9.17) is 4.74 Å². The maximum atomic E-state index is 12.6. The van der Waals surface area contributed by atoms with E-state index < -0.39 is 22.0 Å². The third kappa shape index (κ3) is 4.71. The zero-order chi connectivity index (χ0) is 16.9. The van der Waals surface area contributed by atoms with Crippen molar-refractivity contribution in [2.24, 2.45) is 5.92 Å². The van der Waals surface area contributed by atoms with Gasteiger partial charge in [0.1, 0.15) is 16.7 Å². The lowest BCUT2D eigenvalue weighted by atomic mass is 10.1. The van der Waals surface area contributed by atoms with Crippen molar-refractivity contribution in [2.45, 2.75) is 38.1 Å². The van der Waals surface area contributed by atoms with Gasteiger partial charge < -0.3 is 9.47 Å². The summed E-state index contributed by atoms with van der Waals surface area (Å²) in [6.07, 6.45) is 0.347. The van der Waals surface area contributed by atoms with Gasteiger partial charge in [0.2, 0.25) is 10.0 Å². The Hall–Kier alpha value is -1.60. The van der Waals surface area contributed by atoms with E-state index in [1.54, 1.807) is 19.1 Å². The molecule has 1 aromatic rings. The first-order valence-corrected chi connectivity index (χ1v) is 8.44. The van der Waals surface area contributed by atoms with E-state index in [0.29, 0.717) is 6.42 Å². The summed E-state index contributed by atoms with van der Waals surface area (Å²) in [7, 11) is -1.27. The Morgan fingerprint density at radius 2 is 1.91 bits per heavy atom. The van der Waals surface area contributed by atoms with E-state index in [0.717, 1.165) is 5.56 Å². The third-order valence-electron chi connectivity index (χ3n) is 3.10. The number of methoxy groups -OCH3 is 2. The van der Waals surface area contributed by atoms with Crippen molar-refractivity contribution in [3.63, 3.8) is 0 Å². The van der Waals surface area contributed by atoms with E-state index in [1.165, 1.54) is 20.3 Å². The van der Waals surface area contributed by atoms with Gasteiger partial charge in [-0.15, -0.1) is 0 Å². The van der Waals surface area contributed by atoms with Gasteiger partial charge in [-0.25, -0.2) is 8.42 Å². The molecule has 7 heteroatoms. The number of aryl methyl sites for hydroxylation is 1. The fourth-order valence-electron chi connectivity index (χ4n) is 2.05. The van der Waals surface area contributed by atoms with Crippen LogP contribution in [0.4, 0.5) is 0 Å². The lowest BCUT2D eigenvalue weighted by molar-refractivity contribution is -0.143. The lowest BCUT2D eigenvalue weighted by Gasteiger charge is -2.19. The predicted molar refractivity (Wildman–Crippen MR) is 83.3 cm³/mol. The minimum absolute atomic E-state index is 0.00709. The van der Waals surface area contributed by atoms with Gasteiger partial charge in [-0.1, -0.05) is 19.9 Å². The molecule has 0 heterocycles. The molecule has 0 aliphatic rings. The standard InChI is InChI=1S/C15H23NO5S/c1-10(2)8-12(15(17)21-5)16-22(18,19)14-9-11(3)6-7-13(14)20-4/h6-7,9-10,12,16H,8H2,1-5H3/t12-/m0/s1. The van der Waals surface area contributed by atoms with Crippen molar-refractivity contribution in [2.75, 3.05) is 14.2 Å². The van der Waals surface area contributed by atoms with Gasteiger partial charge in [-0.05, 0) is 37.0 Å². The Morgan fingerprint density at radius 1 is 1.27 bits per heavy atom. The molecule has 0 spiro atoms. The van der Waals surface area contributed by atoms with Crippen molar-refractivity contribution in [1.82, 2.24) is 4.72 Å². The summed E-state index contributed by atoms with van der Waals surface area (Å²) in [6, 6.07) is 3.91. The Labute approximate surface area is 131 Å². The van der Waals surface area contributed by atoms with Crippen LogP contribution in [-0.4, -0.2) is 34.6 Å². The van der Waals surface area contributed by atoms with Crippen molar-refractivity contribution in [3.8, 4) is 5.75 Å². The van der Waals surface area contributed by atoms with Gasteiger partial charge in [0.25, 0.3) is 0 Å². The molecule has 6 nitrogen and oxygen atoms in total. The van der Waals surface area contributed by atoms with Crippen LogP contribution in [0.3, 0.4) is 0 Å². The molecule has 0 saturated heterocycles. The van der Waals surface area contributed by atoms with E-state index in [9.17, 15) is 13.2 Å². The largest absolute Gasteiger partial charge is 0.495 e. The van der Waals surface area contributed by atoms with Crippen LogP contribution in [0.5, 0.6) is 5.75 Å². The van der Waals surface area contributed by atoms with Gasteiger partial charge in [0.05, 0.1) is 14.2 Å². The second-order valence-electron chi connectivity index (χ2n) is 5.48. The van der Waals surface area contributed by atoms with Crippen LogP contribution in [0.1, 0.15) is 25.8 Å². The van der Waals surface area contributed by atoms with Crippen LogP contribution in [0.25, 0.3) is 0 Å². The van der Waals surface area contributed by atoms with Gasteiger partial charge >= 0.3 is 5.97 Å². The zero-order valence-corrected chi connectivity index (χ0v) is 14.4. The molecule has 0 unspecified atom stereocenters. The summed E-state index contributed by atoms with van der Waals surface area (Å²) in [5.41, 5.74) is 0.777. The number of nitrogens with one attached hydrogen (secondary N) is 1. The zero-order valence-electron chi connectivity index (χ0n) is 13.5. The molecule has 0 radical (unpaired) electrons. The van der Waals surface area contributed by atoms with Gasteiger partial charge in [0, 0.05) is 0 Å². The average Bonchev–Trinajstić information content (AvgIpc) is 2.45. The molecule has 0 saturated carbocycles. The van der Waals surface area contributed by atoms with Crippen LogP contribution < -0.4 is 9.46 Å². The summed E-state index contributed by atoms with van der Waals surface area (Å²) >= 11 is 0. The maximum absolute atomic E-state index is 12.6. The number of ether oxygens (including phenoxy) is 2. The number of carbonyl (C=O) groups is 1. The minimum Gasteiger partial charge on any atom is -0.495 e. The molecule has 1 N–H and O–H groups in total. The van der Waals surface area contributed by atoms with Gasteiger partial charge in [-0.3, -0.25) is 4.79 Å². The molecule has 0 amide bonds. The number of rotatable bonds is 7. The number of hydrogen-bond donors (Lipinski definition) is 1. The molecule has 1 atom stereocenters. The molecule has 0 aromatic heterocycles. The van der Waals surface area contributed by atoms with Crippen LogP contribution in [0.15, 0.2) is 23.1 Å². The van der Waals surface area contributed by atoms with Crippen LogP contribution in [0.2, 0.25) is 0 Å². The molecule has 0 aliphatic heterocycles. The quantitative estimate of drug-likeness (QED) is 0.772. The fraction of sp³-hybridized carbons (Fsp3) is 0.533. The summed E-state index contributed by atoms with van der Waals surface area (Å²) in [4.78, 5) is 11.8. The van der Waals surface area contributed by atoms with Crippen LogP contribution in [-0.2, 0) is 19.6 Å². The fourth-order valence-corrected chi connectivity index (χ4v) is 3.50. The van der Waals surface area contributed by atoms with Crippen LogP contribution in [0, 0.1) is 12.8 Å².